The number of hydrogen-bond donors (Lipinski definition) is 0. The summed E-state index contributed by atoms with van der Waals surface area (Å²) in [5.41, 5.74) is 2.18. The SMILES string of the molecule is COc1ccc(CC(C)(C)c2nccc(C)n2)cc1. The Morgan fingerprint density at radius 3 is 2.37 bits per heavy atom. The molecule has 0 amide bonds. The molecule has 0 radical (unpaired) electrons. The third-order valence-electron chi connectivity index (χ3n) is 3.21. The highest BCUT2D eigenvalue weighted by molar-refractivity contribution is 5.29. The van der Waals surface area contributed by atoms with Crippen LogP contribution in [-0.4, -0.2) is 17.1 Å². The van der Waals surface area contributed by atoms with Gasteiger partial charge in [0.1, 0.15) is 11.6 Å². The lowest BCUT2D eigenvalue weighted by atomic mass is 9.85. The molecule has 0 atom stereocenters. The van der Waals surface area contributed by atoms with E-state index in [0.29, 0.717) is 0 Å². The second-order valence-corrected chi connectivity index (χ2v) is 5.43. The molecule has 2 aromatic rings. The van der Waals surface area contributed by atoms with Crippen molar-refractivity contribution in [3.8, 4) is 5.75 Å². The molecule has 0 aliphatic heterocycles. The summed E-state index contributed by atoms with van der Waals surface area (Å²) in [6, 6.07) is 10.1. The van der Waals surface area contributed by atoms with Gasteiger partial charge in [0.2, 0.25) is 0 Å². The predicted octanol–water partition coefficient (Wildman–Crippen LogP) is 3.31. The fraction of sp³-hybridized carbons (Fsp3) is 0.375. The second kappa shape index (κ2) is 5.39. The van der Waals surface area contributed by atoms with Crippen LogP contribution in [0.3, 0.4) is 0 Å². The van der Waals surface area contributed by atoms with Crippen molar-refractivity contribution in [1.29, 1.82) is 0 Å². The molecular weight excluding hydrogens is 236 g/mol. The lowest BCUT2D eigenvalue weighted by Crippen LogP contribution is -2.24. The van der Waals surface area contributed by atoms with Crippen molar-refractivity contribution in [2.45, 2.75) is 32.6 Å². The number of aryl methyl sites for hydroxylation is 1. The Morgan fingerprint density at radius 2 is 1.79 bits per heavy atom. The number of nitrogens with zero attached hydrogens (tertiary/aromatic N) is 2. The maximum Gasteiger partial charge on any atom is 0.134 e. The van der Waals surface area contributed by atoms with Crippen LogP contribution in [0.1, 0.15) is 30.9 Å². The van der Waals surface area contributed by atoms with E-state index in [1.165, 1.54) is 5.56 Å². The average Bonchev–Trinajstić information content (AvgIpc) is 2.39. The highest BCUT2D eigenvalue weighted by atomic mass is 16.5. The minimum atomic E-state index is -0.0827. The number of aromatic nitrogens is 2. The van der Waals surface area contributed by atoms with Crippen LogP contribution in [-0.2, 0) is 11.8 Å². The van der Waals surface area contributed by atoms with Gasteiger partial charge in [-0.2, -0.15) is 0 Å². The van der Waals surface area contributed by atoms with Crippen LogP contribution in [0.4, 0.5) is 0 Å². The summed E-state index contributed by atoms with van der Waals surface area (Å²) in [4.78, 5) is 8.94. The Morgan fingerprint density at radius 1 is 1.11 bits per heavy atom. The Labute approximate surface area is 114 Å². The van der Waals surface area contributed by atoms with Gasteiger partial charge in [-0.1, -0.05) is 26.0 Å². The molecule has 19 heavy (non-hydrogen) atoms. The largest absolute Gasteiger partial charge is 0.497 e. The normalized spacial score (nSPS) is 11.4. The van der Waals surface area contributed by atoms with E-state index in [2.05, 4.69) is 35.9 Å². The van der Waals surface area contributed by atoms with Crippen molar-refractivity contribution in [3.63, 3.8) is 0 Å². The van der Waals surface area contributed by atoms with Crippen LogP contribution >= 0.6 is 0 Å². The molecule has 1 aromatic heterocycles. The summed E-state index contributed by atoms with van der Waals surface area (Å²) in [6.45, 7) is 6.34. The number of benzene rings is 1. The van der Waals surface area contributed by atoms with Gasteiger partial charge in [0.05, 0.1) is 7.11 Å². The Balaban J connectivity index is 2.20. The van der Waals surface area contributed by atoms with Crippen LogP contribution in [0.5, 0.6) is 5.75 Å². The molecule has 0 bridgehead atoms. The van der Waals surface area contributed by atoms with Gasteiger partial charge in [-0.05, 0) is 37.1 Å². The molecule has 3 nitrogen and oxygen atoms in total. The monoisotopic (exact) mass is 256 g/mol. The summed E-state index contributed by atoms with van der Waals surface area (Å²) >= 11 is 0. The van der Waals surface area contributed by atoms with Gasteiger partial charge in [-0.3, -0.25) is 0 Å². The summed E-state index contributed by atoms with van der Waals surface area (Å²) < 4.78 is 5.17. The highest BCUT2D eigenvalue weighted by Crippen LogP contribution is 2.25. The predicted molar refractivity (Wildman–Crippen MR) is 76.5 cm³/mol. The van der Waals surface area contributed by atoms with E-state index >= 15 is 0 Å². The van der Waals surface area contributed by atoms with Gasteiger partial charge in [-0.25, -0.2) is 9.97 Å². The molecular formula is C16H20N2O. The second-order valence-electron chi connectivity index (χ2n) is 5.43. The van der Waals surface area contributed by atoms with Crippen LogP contribution in [0.2, 0.25) is 0 Å². The van der Waals surface area contributed by atoms with Crippen molar-refractivity contribution in [2.75, 3.05) is 7.11 Å². The zero-order valence-electron chi connectivity index (χ0n) is 12.0. The number of ether oxygens (including phenoxy) is 1. The van der Waals surface area contributed by atoms with E-state index in [0.717, 1.165) is 23.7 Å². The Hall–Kier alpha value is -1.90. The van der Waals surface area contributed by atoms with Gasteiger partial charge in [0.25, 0.3) is 0 Å². The molecule has 1 aromatic carbocycles. The smallest absolute Gasteiger partial charge is 0.134 e. The lowest BCUT2D eigenvalue weighted by Gasteiger charge is -2.23. The molecule has 0 unspecified atom stereocenters. The van der Waals surface area contributed by atoms with Crippen LogP contribution in [0.15, 0.2) is 36.5 Å². The van der Waals surface area contributed by atoms with Gasteiger partial charge in [0, 0.05) is 17.3 Å². The van der Waals surface area contributed by atoms with Crippen LogP contribution in [0, 0.1) is 6.92 Å². The summed E-state index contributed by atoms with van der Waals surface area (Å²) in [7, 11) is 1.68. The first kappa shape index (κ1) is 13.5. The molecule has 0 saturated heterocycles. The molecule has 0 aliphatic carbocycles. The van der Waals surface area contributed by atoms with Gasteiger partial charge >= 0.3 is 0 Å². The Bertz CT molecular complexity index is 547. The molecule has 0 spiro atoms. The third kappa shape index (κ3) is 3.31. The van der Waals surface area contributed by atoms with Crippen molar-refractivity contribution in [1.82, 2.24) is 9.97 Å². The fourth-order valence-electron chi connectivity index (χ4n) is 2.11. The summed E-state index contributed by atoms with van der Waals surface area (Å²) in [5.74, 6) is 1.77. The molecule has 0 fully saturated rings. The number of hydrogen-bond acceptors (Lipinski definition) is 3. The molecule has 100 valence electrons. The van der Waals surface area contributed by atoms with Crippen molar-refractivity contribution < 1.29 is 4.74 Å². The quantitative estimate of drug-likeness (QED) is 0.841. The first-order valence-electron chi connectivity index (χ1n) is 6.44. The number of rotatable bonds is 4. The fourth-order valence-corrected chi connectivity index (χ4v) is 2.11. The third-order valence-corrected chi connectivity index (χ3v) is 3.21. The Kier molecular flexibility index (Phi) is 3.84. The van der Waals surface area contributed by atoms with Crippen LogP contribution < -0.4 is 4.74 Å². The van der Waals surface area contributed by atoms with Crippen molar-refractivity contribution >= 4 is 0 Å². The molecule has 0 saturated carbocycles. The molecule has 0 aliphatic rings. The molecule has 3 heteroatoms. The first-order chi connectivity index (χ1) is 9.01. The average molecular weight is 256 g/mol. The minimum absolute atomic E-state index is 0.0827. The van der Waals surface area contributed by atoms with E-state index in [1.807, 2.05) is 31.3 Å². The standard InChI is InChI=1S/C16H20N2O/c1-12-9-10-17-15(18-12)16(2,3)11-13-5-7-14(19-4)8-6-13/h5-10H,11H2,1-4H3. The zero-order chi connectivity index (χ0) is 13.9. The summed E-state index contributed by atoms with van der Waals surface area (Å²) in [5, 5.41) is 0. The maximum absolute atomic E-state index is 5.17. The van der Waals surface area contributed by atoms with E-state index in [-0.39, 0.29) is 5.41 Å². The minimum Gasteiger partial charge on any atom is -0.497 e. The van der Waals surface area contributed by atoms with Gasteiger partial charge in [-0.15, -0.1) is 0 Å². The lowest BCUT2D eigenvalue weighted by molar-refractivity contribution is 0.414. The van der Waals surface area contributed by atoms with Gasteiger partial charge < -0.3 is 4.74 Å². The first-order valence-corrected chi connectivity index (χ1v) is 6.44. The maximum atomic E-state index is 5.17. The zero-order valence-corrected chi connectivity index (χ0v) is 12.0. The van der Waals surface area contributed by atoms with Crippen molar-refractivity contribution in [3.05, 3.63) is 53.6 Å². The molecule has 2 rings (SSSR count). The summed E-state index contributed by atoms with van der Waals surface area (Å²) in [6.07, 6.45) is 2.73. The van der Waals surface area contributed by atoms with Gasteiger partial charge in [0.15, 0.2) is 0 Å². The highest BCUT2D eigenvalue weighted by Gasteiger charge is 2.24. The van der Waals surface area contributed by atoms with E-state index in [1.54, 1.807) is 7.11 Å². The van der Waals surface area contributed by atoms with Crippen LogP contribution in [0.25, 0.3) is 0 Å². The van der Waals surface area contributed by atoms with E-state index < -0.39 is 0 Å². The van der Waals surface area contributed by atoms with E-state index in [9.17, 15) is 0 Å². The molecule has 0 N–H and O–H groups in total. The number of methoxy groups -OCH3 is 1. The van der Waals surface area contributed by atoms with Crippen molar-refractivity contribution in [2.24, 2.45) is 0 Å². The topological polar surface area (TPSA) is 35.0 Å². The molecule has 1 heterocycles. The van der Waals surface area contributed by atoms with E-state index in [4.69, 9.17) is 4.74 Å².